The van der Waals surface area contributed by atoms with Crippen LogP contribution in [0.3, 0.4) is 0 Å². The number of nitrogens with zero attached hydrogens (tertiary/aromatic N) is 5. The molecule has 1 amide bonds. The molecule has 1 N–H and O–H groups in total. The molecule has 0 bridgehead atoms. The van der Waals surface area contributed by atoms with Gasteiger partial charge in [-0.05, 0) is 63.5 Å². The van der Waals surface area contributed by atoms with E-state index >= 15 is 0 Å². The van der Waals surface area contributed by atoms with Crippen molar-refractivity contribution in [2.75, 3.05) is 32.5 Å². The van der Waals surface area contributed by atoms with E-state index in [1.54, 1.807) is 11.6 Å². The van der Waals surface area contributed by atoms with E-state index in [0.29, 0.717) is 17.5 Å². The summed E-state index contributed by atoms with van der Waals surface area (Å²) in [5.41, 5.74) is 3.07. The number of aryl methyl sites for hydroxylation is 2. The predicted molar refractivity (Wildman–Crippen MR) is 125 cm³/mol. The van der Waals surface area contributed by atoms with E-state index in [1.165, 1.54) is 36.6 Å². The maximum absolute atomic E-state index is 12.6. The summed E-state index contributed by atoms with van der Waals surface area (Å²) >= 11 is 1.33. The Morgan fingerprint density at radius 3 is 2.62 bits per heavy atom. The molecule has 0 aliphatic carbocycles. The van der Waals surface area contributed by atoms with Crippen molar-refractivity contribution in [1.29, 1.82) is 0 Å². The number of amides is 1. The second kappa shape index (κ2) is 10.3. The van der Waals surface area contributed by atoms with Crippen molar-refractivity contribution in [2.24, 2.45) is 0 Å². The first kappa shape index (κ1) is 22.5. The first-order valence-corrected chi connectivity index (χ1v) is 12.0. The number of hydrogen-bond donors (Lipinski definition) is 1. The van der Waals surface area contributed by atoms with Gasteiger partial charge in [0.25, 0.3) is 5.78 Å². The largest absolute Gasteiger partial charge is 0.497 e. The highest BCUT2D eigenvalue weighted by atomic mass is 32.2. The van der Waals surface area contributed by atoms with Gasteiger partial charge in [-0.3, -0.25) is 9.69 Å². The molecule has 0 radical (unpaired) electrons. The molecule has 1 aromatic carbocycles. The minimum atomic E-state index is -0.0229. The lowest BCUT2D eigenvalue weighted by Crippen LogP contribution is -2.41. The molecule has 4 rings (SSSR count). The van der Waals surface area contributed by atoms with Crippen molar-refractivity contribution in [1.82, 2.24) is 29.8 Å². The van der Waals surface area contributed by atoms with E-state index in [9.17, 15) is 4.79 Å². The van der Waals surface area contributed by atoms with Gasteiger partial charge in [0.2, 0.25) is 11.1 Å². The van der Waals surface area contributed by atoms with Crippen LogP contribution in [-0.2, 0) is 4.79 Å². The zero-order valence-corrected chi connectivity index (χ0v) is 19.7. The first-order chi connectivity index (χ1) is 15.5. The average molecular weight is 455 g/mol. The number of benzene rings is 1. The van der Waals surface area contributed by atoms with Gasteiger partial charge in [0.15, 0.2) is 0 Å². The van der Waals surface area contributed by atoms with Gasteiger partial charge < -0.3 is 10.1 Å². The van der Waals surface area contributed by atoms with Crippen molar-refractivity contribution < 1.29 is 9.53 Å². The molecular formula is C23H30N6O2S. The van der Waals surface area contributed by atoms with Crippen molar-refractivity contribution in [2.45, 2.75) is 44.3 Å². The number of aromatic nitrogens is 4. The van der Waals surface area contributed by atoms with E-state index in [-0.39, 0.29) is 17.7 Å². The van der Waals surface area contributed by atoms with E-state index in [2.05, 4.69) is 37.4 Å². The standard InChI is InChI=1S/C23H30N6O2S/c1-16-13-17(2)29-22(25-16)26-23(27-29)32-15-21(30)24-14-20(28-11-5-4-6-12-28)18-7-9-19(31-3)10-8-18/h7-10,13,20H,4-6,11-12,14-15H2,1-3H3,(H,24,30)/t20-/m0/s1. The van der Waals surface area contributed by atoms with Crippen LogP contribution in [0.15, 0.2) is 35.5 Å². The second-order valence-corrected chi connectivity index (χ2v) is 9.07. The molecule has 1 atom stereocenters. The van der Waals surface area contributed by atoms with Gasteiger partial charge in [-0.25, -0.2) is 9.50 Å². The molecule has 3 aromatic rings. The molecule has 170 valence electrons. The molecule has 1 aliphatic rings. The third-order valence-corrected chi connectivity index (χ3v) is 6.59. The topological polar surface area (TPSA) is 84.6 Å². The van der Waals surface area contributed by atoms with Crippen LogP contribution >= 0.6 is 11.8 Å². The van der Waals surface area contributed by atoms with Gasteiger partial charge in [0.1, 0.15) is 5.75 Å². The number of rotatable bonds is 8. The van der Waals surface area contributed by atoms with E-state index < -0.39 is 0 Å². The lowest BCUT2D eigenvalue weighted by atomic mass is 10.0. The Labute approximate surface area is 192 Å². The Morgan fingerprint density at radius 1 is 1.16 bits per heavy atom. The van der Waals surface area contributed by atoms with Crippen LogP contribution in [-0.4, -0.2) is 62.9 Å². The fraction of sp³-hybridized carbons (Fsp3) is 0.478. The molecular weight excluding hydrogens is 424 g/mol. The summed E-state index contributed by atoms with van der Waals surface area (Å²) in [6, 6.07) is 10.3. The number of thioether (sulfide) groups is 1. The zero-order valence-electron chi connectivity index (χ0n) is 18.9. The van der Waals surface area contributed by atoms with Gasteiger partial charge in [-0.15, -0.1) is 5.10 Å². The summed E-state index contributed by atoms with van der Waals surface area (Å²) in [6.07, 6.45) is 3.67. The molecule has 0 spiro atoms. The normalized spacial score (nSPS) is 15.6. The number of likely N-dealkylation sites (tertiary alicyclic amines) is 1. The Hall–Kier alpha value is -2.65. The number of ether oxygens (including phenoxy) is 1. The molecule has 0 saturated carbocycles. The fourth-order valence-electron chi connectivity index (χ4n) is 4.11. The SMILES string of the molecule is COc1ccc([C@H](CNC(=O)CSc2nc3nc(C)cc(C)n3n2)N2CCCCC2)cc1. The molecule has 1 aliphatic heterocycles. The predicted octanol–water partition coefficient (Wildman–Crippen LogP) is 3.19. The Balaban J connectivity index is 1.37. The first-order valence-electron chi connectivity index (χ1n) is 11.0. The molecule has 2 aromatic heterocycles. The van der Waals surface area contributed by atoms with Gasteiger partial charge in [-0.1, -0.05) is 30.3 Å². The number of fused-ring (bicyclic) bond motifs is 1. The number of carbonyl (C=O) groups excluding carboxylic acids is 1. The molecule has 1 fully saturated rings. The zero-order chi connectivity index (χ0) is 22.5. The molecule has 3 heterocycles. The summed E-state index contributed by atoms with van der Waals surface area (Å²) in [5.74, 6) is 1.65. The summed E-state index contributed by atoms with van der Waals surface area (Å²) in [7, 11) is 1.67. The highest BCUT2D eigenvalue weighted by Crippen LogP contribution is 2.26. The van der Waals surface area contributed by atoms with Crippen LogP contribution in [0.5, 0.6) is 5.75 Å². The average Bonchev–Trinajstić information content (AvgIpc) is 3.22. The van der Waals surface area contributed by atoms with Gasteiger partial charge in [0, 0.05) is 17.9 Å². The van der Waals surface area contributed by atoms with Crippen LogP contribution < -0.4 is 10.1 Å². The third kappa shape index (κ3) is 5.39. The van der Waals surface area contributed by atoms with Gasteiger partial charge >= 0.3 is 0 Å². The smallest absolute Gasteiger partial charge is 0.253 e. The quantitative estimate of drug-likeness (QED) is 0.523. The summed E-state index contributed by atoms with van der Waals surface area (Å²) in [6.45, 7) is 6.58. The maximum atomic E-state index is 12.6. The van der Waals surface area contributed by atoms with Crippen molar-refractivity contribution >= 4 is 23.4 Å². The number of nitrogens with one attached hydrogen (secondary N) is 1. The number of hydrogen-bond acceptors (Lipinski definition) is 7. The molecule has 8 nitrogen and oxygen atoms in total. The van der Waals surface area contributed by atoms with E-state index in [1.807, 2.05) is 32.0 Å². The third-order valence-electron chi connectivity index (χ3n) is 5.76. The molecule has 0 unspecified atom stereocenters. The van der Waals surface area contributed by atoms with E-state index in [4.69, 9.17) is 4.74 Å². The summed E-state index contributed by atoms with van der Waals surface area (Å²) < 4.78 is 7.01. The Bertz CT molecular complexity index is 1060. The summed E-state index contributed by atoms with van der Waals surface area (Å²) in [4.78, 5) is 23.9. The lowest BCUT2D eigenvalue weighted by Gasteiger charge is -2.35. The second-order valence-electron chi connectivity index (χ2n) is 8.12. The molecule has 32 heavy (non-hydrogen) atoms. The van der Waals surface area contributed by atoms with Crippen molar-refractivity contribution in [3.05, 3.63) is 47.3 Å². The minimum Gasteiger partial charge on any atom is -0.497 e. The number of methoxy groups -OCH3 is 1. The lowest BCUT2D eigenvalue weighted by molar-refractivity contribution is -0.118. The highest BCUT2D eigenvalue weighted by Gasteiger charge is 2.23. The number of carbonyl (C=O) groups is 1. The molecule has 1 saturated heterocycles. The minimum absolute atomic E-state index is 0.0229. The summed E-state index contributed by atoms with van der Waals surface area (Å²) in [5, 5.41) is 8.14. The number of piperidine rings is 1. The maximum Gasteiger partial charge on any atom is 0.253 e. The van der Waals surface area contributed by atoms with Gasteiger partial charge in [0.05, 0.1) is 18.9 Å². The Kier molecular flexibility index (Phi) is 7.26. The van der Waals surface area contributed by atoms with E-state index in [0.717, 1.165) is 30.2 Å². The van der Waals surface area contributed by atoms with Crippen molar-refractivity contribution in [3.8, 4) is 5.75 Å². The fourth-order valence-corrected chi connectivity index (χ4v) is 4.76. The van der Waals surface area contributed by atoms with Crippen LogP contribution in [0.1, 0.15) is 42.3 Å². The van der Waals surface area contributed by atoms with Crippen LogP contribution in [0.2, 0.25) is 0 Å². The van der Waals surface area contributed by atoms with Crippen LogP contribution in [0.25, 0.3) is 5.78 Å². The van der Waals surface area contributed by atoms with Crippen LogP contribution in [0, 0.1) is 13.8 Å². The van der Waals surface area contributed by atoms with Gasteiger partial charge in [-0.2, -0.15) is 4.98 Å². The Morgan fingerprint density at radius 2 is 1.91 bits per heavy atom. The van der Waals surface area contributed by atoms with Crippen molar-refractivity contribution in [3.63, 3.8) is 0 Å². The monoisotopic (exact) mass is 454 g/mol. The molecule has 9 heteroatoms. The highest BCUT2D eigenvalue weighted by molar-refractivity contribution is 7.99. The van der Waals surface area contributed by atoms with Crippen LogP contribution in [0.4, 0.5) is 0 Å².